The minimum absolute atomic E-state index is 0.109. The summed E-state index contributed by atoms with van der Waals surface area (Å²) in [5.41, 5.74) is 3.19. The number of nitrogens with one attached hydrogen (secondary N) is 1. The highest BCUT2D eigenvalue weighted by atomic mass is 16.5. The minimum Gasteiger partial charge on any atom is -0.507 e. The third kappa shape index (κ3) is 3.54. The minimum atomic E-state index is -0.522. The van der Waals surface area contributed by atoms with E-state index in [0.29, 0.717) is 11.5 Å². The maximum atomic E-state index is 12.0. The number of nitrogens with zero attached hydrogens (tertiary/aromatic N) is 1. The zero-order valence-electron chi connectivity index (χ0n) is 12.2. The molecule has 0 radical (unpaired) electrons. The summed E-state index contributed by atoms with van der Waals surface area (Å²) in [6, 6.07) is 11.7. The van der Waals surface area contributed by atoms with Crippen molar-refractivity contribution in [3.8, 4) is 17.2 Å². The third-order valence-electron chi connectivity index (χ3n) is 2.96. The van der Waals surface area contributed by atoms with E-state index in [1.165, 1.54) is 25.5 Å². The number of ether oxygens (including phenoxy) is 2. The predicted octanol–water partition coefficient (Wildman–Crippen LogP) is 2.17. The smallest absolute Gasteiger partial charge is 0.275 e. The van der Waals surface area contributed by atoms with Gasteiger partial charge in [0, 0.05) is 11.6 Å². The van der Waals surface area contributed by atoms with Crippen LogP contribution in [0, 0.1) is 0 Å². The normalized spacial score (nSPS) is 10.5. The van der Waals surface area contributed by atoms with Gasteiger partial charge in [-0.1, -0.05) is 12.1 Å². The number of amides is 1. The average molecular weight is 300 g/mol. The molecule has 6 nitrogen and oxygen atoms in total. The molecule has 0 fully saturated rings. The quantitative estimate of drug-likeness (QED) is 0.655. The zero-order chi connectivity index (χ0) is 15.9. The summed E-state index contributed by atoms with van der Waals surface area (Å²) in [6.07, 6.45) is 1.47. The fourth-order valence-corrected chi connectivity index (χ4v) is 1.82. The fraction of sp³-hybridized carbons (Fsp3) is 0.125. The van der Waals surface area contributed by atoms with Crippen LogP contribution in [0.2, 0.25) is 0 Å². The van der Waals surface area contributed by atoms with Crippen molar-refractivity contribution >= 4 is 12.1 Å². The second-order valence-electron chi connectivity index (χ2n) is 4.32. The molecule has 2 aromatic carbocycles. The number of aromatic hydroxyl groups is 1. The van der Waals surface area contributed by atoms with Gasteiger partial charge in [-0.3, -0.25) is 4.79 Å². The molecule has 1 amide bonds. The summed E-state index contributed by atoms with van der Waals surface area (Å²) in [5.74, 6) is 0.412. The zero-order valence-corrected chi connectivity index (χ0v) is 12.2. The van der Waals surface area contributed by atoms with Crippen molar-refractivity contribution in [1.82, 2.24) is 5.43 Å². The van der Waals surface area contributed by atoms with E-state index in [2.05, 4.69) is 10.5 Å². The van der Waals surface area contributed by atoms with Crippen LogP contribution in [0.4, 0.5) is 0 Å². The molecule has 0 aliphatic rings. The Morgan fingerprint density at radius 2 is 1.95 bits per heavy atom. The first-order valence-electron chi connectivity index (χ1n) is 6.49. The molecule has 2 N–H and O–H groups in total. The summed E-state index contributed by atoms with van der Waals surface area (Å²) < 4.78 is 10.1. The second kappa shape index (κ2) is 7.12. The van der Waals surface area contributed by atoms with Crippen molar-refractivity contribution < 1.29 is 19.4 Å². The Hall–Kier alpha value is -3.02. The standard InChI is InChI=1S/C16H16N2O4/c1-21-12-7-8-13(14(19)9-12)16(20)18-17-10-11-5-3-4-6-15(11)22-2/h3-10,19H,1-2H3,(H,18,20)/b17-10-. The number of methoxy groups -OCH3 is 2. The Labute approximate surface area is 128 Å². The molecular weight excluding hydrogens is 284 g/mol. The van der Waals surface area contributed by atoms with Crippen LogP contribution < -0.4 is 14.9 Å². The second-order valence-corrected chi connectivity index (χ2v) is 4.32. The van der Waals surface area contributed by atoms with Gasteiger partial charge in [0.05, 0.1) is 26.0 Å². The number of hydrogen-bond donors (Lipinski definition) is 2. The van der Waals surface area contributed by atoms with Gasteiger partial charge in [0.25, 0.3) is 5.91 Å². The first-order valence-corrected chi connectivity index (χ1v) is 6.49. The highest BCUT2D eigenvalue weighted by molar-refractivity contribution is 5.97. The Kier molecular flexibility index (Phi) is 4.98. The van der Waals surface area contributed by atoms with Crippen molar-refractivity contribution in [2.45, 2.75) is 0 Å². The molecule has 0 saturated carbocycles. The van der Waals surface area contributed by atoms with E-state index in [1.807, 2.05) is 12.1 Å². The molecule has 6 heteroatoms. The van der Waals surface area contributed by atoms with Gasteiger partial charge >= 0.3 is 0 Å². The Morgan fingerprint density at radius 3 is 2.64 bits per heavy atom. The lowest BCUT2D eigenvalue weighted by Gasteiger charge is -2.06. The topological polar surface area (TPSA) is 80.2 Å². The van der Waals surface area contributed by atoms with Crippen LogP contribution in [0.5, 0.6) is 17.2 Å². The summed E-state index contributed by atoms with van der Waals surface area (Å²) in [4.78, 5) is 12.0. The number of para-hydroxylation sites is 1. The number of phenols is 1. The maximum Gasteiger partial charge on any atom is 0.275 e. The average Bonchev–Trinajstić information content (AvgIpc) is 2.54. The maximum absolute atomic E-state index is 12.0. The van der Waals surface area contributed by atoms with Crippen molar-refractivity contribution in [2.24, 2.45) is 5.10 Å². The molecule has 0 atom stereocenters. The Bertz CT molecular complexity index is 698. The van der Waals surface area contributed by atoms with Gasteiger partial charge in [-0.15, -0.1) is 0 Å². The molecule has 0 heterocycles. The van der Waals surface area contributed by atoms with Gasteiger partial charge in [0.15, 0.2) is 0 Å². The highest BCUT2D eigenvalue weighted by Crippen LogP contribution is 2.23. The van der Waals surface area contributed by atoms with E-state index in [1.54, 1.807) is 25.3 Å². The van der Waals surface area contributed by atoms with E-state index in [-0.39, 0.29) is 11.3 Å². The molecule has 0 aliphatic carbocycles. The first kappa shape index (κ1) is 15.4. The molecular formula is C16H16N2O4. The Morgan fingerprint density at radius 1 is 1.18 bits per heavy atom. The molecule has 2 rings (SSSR count). The van der Waals surface area contributed by atoms with Crippen molar-refractivity contribution in [1.29, 1.82) is 0 Å². The number of hydrogen-bond acceptors (Lipinski definition) is 5. The van der Waals surface area contributed by atoms with Gasteiger partial charge < -0.3 is 14.6 Å². The molecule has 0 spiro atoms. The van der Waals surface area contributed by atoms with E-state index in [4.69, 9.17) is 9.47 Å². The van der Waals surface area contributed by atoms with Crippen LogP contribution in [-0.2, 0) is 0 Å². The lowest BCUT2D eigenvalue weighted by Crippen LogP contribution is -2.17. The number of phenolic OH excluding ortho intramolecular Hbond substituents is 1. The number of carbonyl (C=O) groups excluding carboxylic acids is 1. The van der Waals surface area contributed by atoms with Crippen molar-refractivity contribution in [2.75, 3.05) is 14.2 Å². The largest absolute Gasteiger partial charge is 0.507 e. The molecule has 22 heavy (non-hydrogen) atoms. The monoisotopic (exact) mass is 300 g/mol. The number of benzene rings is 2. The van der Waals surface area contributed by atoms with Crippen LogP contribution in [0.1, 0.15) is 15.9 Å². The molecule has 114 valence electrons. The van der Waals surface area contributed by atoms with Crippen molar-refractivity contribution in [3.05, 3.63) is 53.6 Å². The van der Waals surface area contributed by atoms with E-state index < -0.39 is 5.91 Å². The predicted molar refractivity (Wildman–Crippen MR) is 82.7 cm³/mol. The first-order chi connectivity index (χ1) is 10.7. The van der Waals surface area contributed by atoms with Gasteiger partial charge in [-0.25, -0.2) is 5.43 Å². The van der Waals surface area contributed by atoms with Crippen LogP contribution in [0.25, 0.3) is 0 Å². The van der Waals surface area contributed by atoms with Gasteiger partial charge in [-0.2, -0.15) is 5.10 Å². The number of rotatable bonds is 5. The summed E-state index contributed by atoms with van der Waals surface area (Å²) >= 11 is 0. The molecule has 0 unspecified atom stereocenters. The van der Waals surface area contributed by atoms with Gasteiger partial charge in [0.1, 0.15) is 17.2 Å². The summed E-state index contributed by atoms with van der Waals surface area (Å²) in [7, 11) is 3.03. The molecule has 0 aromatic heterocycles. The van der Waals surface area contributed by atoms with Crippen LogP contribution >= 0.6 is 0 Å². The number of carbonyl (C=O) groups is 1. The van der Waals surface area contributed by atoms with Crippen LogP contribution in [0.3, 0.4) is 0 Å². The summed E-state index contributed by atoms with van der Waals surface area (Å²) in [6.45, 7) is 0. The van der Waals surface area contributed by atoms with Crippen LogP contribution in [0.15, 0.2) is 47.6 Å². The van der Waals surface area contributed by atoms with Crippen molar-refractivity contribution in [3.63, 3.8) is 0 Å². The molecule has 0 bridgehead atoms. The molecule has 0 saturated heterocycles. The Balaban J connectivity index is 2.08. The molecule has 2 aromatic rings. The van der Waals surface area contributed by atoms with E-state index >= 15 is 0 Å². The lowest BCUT2D eigenvalue weighted by molar-refractivity contribution is 0.0952. The number of hydrazone groups is 1. The van der Waals surface area contributed by atoms with E-state index in [9.17, 15) is 9.90 Å². The van der Waals surface area contributed by atoms with Gasteiger partial charge in [-0.05, 0) is 24.3 Å². The summed E-state index contributed by atoms with van der Waals surface area (Å²) in [5, 5.41) is 13.6. The molecule has 0 aliphatic heterocycles. The highest BCUT2D eigenvalue weighted by Gasteiger charge is 2.11. The third-order valence-corrected chi connectivity index (χ3v) is 2.96. The van der Waals surface area contributed by atoms with Crippen LogP contribution in [-0.4, -0.2) is 31.4 Å². The fourth-order valence-electron chi connectivity index (χ4n) is 1.82. The van der Waals surface area contributed by atoms with E-state index in [0.717, 1.165) is 5.56 Å². The van der Waals surface area contributed by atoms with Gasteiger partial charge in [0.2, 0.25) is 0 Å². The SMILES string of the molecule is COc1ccc(C(=O)N/N=C\c2ccccc2OC)c(O)c1. The lowest BCUT2D eigenvalue weighted by atomic mass is 10.2.